The van der Waals surface area contributed by atoms with Crippen molar-refractivity contribution >= 4 is 0 Å². The molecule has 2 heteroatoms. The summed E-state index contributed by atoms with van der Waals surface area (Å²) in [6.45, 7) is 6.95. The maximum absolute atomic E-state index is 10.5. The number of fused-ring (bicyclic) bond motifs is 5. The second kappa shape index (κ2) is 4.72. The highest BCUT2D eigenvalue weighted by atomic mass is 16.3. The van der Waals surface area contributed by atoms with Gasteiger partial charge in [0.15, 0.2) is 0 Å². The minimum Gasteiger partial charge on any atom is -0.393 e. The summed E-state index contributed by atoms with van der Waals surface area (Å²) in [7, 11) is 0. The Morgan fingerprint density at radius 1 is 0.773 bits per heavy atom. The first-order valence-electron chi connectivity index (χ1n) is 9.67. The normalized spacial score (nSPS) is 61.2. The molecular formula is C20H34O2. The Morgan fingerprint density at radius 3 is 2.27 bits per heavy atom. The van der Waals surface area contributed by atoms with Gasteiger partial charge in [-0.2, -0.15) is 0 Å². The van der Waals surface area contributed by atoms with E-state index in [4.69, 9.17) is 0 Å². The lowest BCUT2D eigenvalue weighted by Crippen LogP contribution is -2.55. The molecule has 4 fully saturated rings. The van der Waals surface area contributed by atoms with Crippen LogP contribution in [-0.4, -0.2) is 21.9 Å². The van der Waals surface area contributed by atoms with Crippen LogP contribution in [-0.2, 0) is 0 Å². The minimum atomic E-state index is -0.427. The summed E-state index contributed by atoms with van der Waals surface area (Å²) in [5, 5.41) is 21.0. The smallest absolute Gasteiger partial charge is 0.0622 e. The highest BCUT2D eigenvalue weighted by Crippen LogP contribution is 2.66. The van der Waals surface area contributed by atoms with Crippen LogP contribution in [0.1, 0.15) is 78.6 Å². The van der Waals surface area contributed by atoms with Crippen LogP contribution in [0.2, 0.25) is 0 Å². The summed E-state index contributed by atoms with van der Waals surface area (Å²) in [6, 6.07) is 0. The van der Waals surface area contributed by atoms with E-state index in [1.54, 1.807) is 0 Å². The van der Waals surface area contributed by atoms with Crippen LogP contribution >= 0.6 is 0 Å². The Hall–Kier alpha value is -0.0800. The first kappa shape index (κ1) is 15.4. The van der Waals surface area contributed by atoms with Crippen LogP contribution in [0.15, 0.2) is 0 Å². The van der Waals surface area contributed by atoms with Gasteiger partial charge in [0.25, 0.3) is 0 Å². The average Bonchev–Trinajstić information content (AvgIpc) is 2.76. The van der Waals surface area contributed by atoms with Gasteiger partial charge >= 0.3 is 0 Å². The monoisotopic (exact) mass is 306 g/mol. The van der Waals surface area contributed by atoms with E-state index in [-0.39, 0.29) is 11.5 Å². The van der Waals surface area contributed by atoms with Gasteiger partial charge in [-0.05, 0) is 99.2 Å². The summed E-state index contributed by atoms with van der Waals surface area (Å²) >= 11 is 0. The number of rotatable bonds is 0. The summed E-state index contributed by atoms with van der Waals surface area (Å²) in [5.74, 6) is 3.14. The third kappa shape index (κ3) is 1.99. The molecule has 0 aromatic heterocycles. The lowest BCUT2D eigenvalue weighted by molar-refractivity contribution is -0.150. The highest BCUT2D eigenvalue weighted by molar-refractivity contribution is 5.10. The lowest BCUT2D eigenvalue weighted by atomic mass is 9.44. The molecule has 0 aromatic rings. The fourth-order valence-electron chi connectivity index (χ4n) is 7.40. The molecule has 2 N–H and O–H groups in total. The van der Waals surface area contributed by atoms with Crippen molar-refractivity contribution in [1.29, 1.82) is 0 Å². The predicted molar refractivity (Wildman–Crippen MR) is 88.4 cm³/mol. The van der Waals surface area contributed by atoms with Gasteiger partial charge in [0, 0.05) is 0 Å². The van der Waals surface area contributed by atoms with E-state index < -0.39 is 5.60 Å². The zero-order valence-electron chi connectivity index (χ0n) is 14.6. The minimum absolute atomic E-state index is 0.0592. The predicted octanol–water partition coefficient (Wildman–Crippen LogP) is 4.14. The summed E-state index contributed by atoms with van der Waals surface area (Å²) in [6.07, 6.45) is 10.6. The molecule has 4 saturated carbocycles. The van der Waals surface area contributed by atoms with Gasteiger partial charge in [-0.3, -0.25) is 0 Å². The van der Waals surface area contributed by atoms with Crippen molar-refractivity contribution in [2.45, 2.75) is 90.3 Å². The molecule has 0 aliphatic heterocycles. The SMILES string of the molecule is C[C@@]1(O)CC[C@@]2(C)C3CC[C@]4(C)C(CC[C@H]4O)[C@H]3CC[C@H]2C1. The molecule has 4 aliphatic rings. The van der Waals surface area contributed by atoms with Crippen LogP contribution in [0.4, 0.5) is 0 Å². The fourth-order valence-corrected chi connectivity index (χ4v) is 7.40. The van der Waals surface area contributed by atoms with E-state index in [0.29, 0.717) is 11.3 Å². The van der Waals surface area contributed by atoms with Gasteiger partial charge < -0.3 is 10.2 Å². The van der Waals surface area contributed by atoms with Gasteiger partial charge in [-0.15, -0.1) is 0 Å². The highest BCUT2D eigenvalue weighted by Gasteiger charge is 2.60. The zero-order chi connectivity index (χ0) is 15.8. The number of aliphatic hydroxyl groups is 2. The third-order valence-electron chi connectivity index (χ3n) is 8.90. The molecule has 126 valence electrons. The van der Waals surface area contributed by atoms with Crippen molar-refractivity contribution in [1.82, 2.24) is 0 Å². The summed E-state index contributed by atoms with van der Waals surface area (Å²) < 4.78 is 0. The van der Waals surface area contributed by atoms with E-state index in [9.17, 15) is 10.2 Å². The fraction of sp³-hybridized carbons (Fsp3) is 1.00. The van der Waals surface area contributed by atoms with E-state index in [2.05, 4.69) is 13.8 Å². The lowest BCUT2D eigenvalue weighted by Gasteiger charge is -2.61. The topological polar surface area (TPSA) is 40.5 Å². The standard InChI is InChI=1S/C20H34O2/c1-18(22)10-11-19(2)13(12-18)4-5-14-15-6-7-17(21)20(15,3)9-8-16(14)19/h13-17,21-22H,4-12H2,1-3H3/t13-,14+,15?,16?,17+,18+,19+,20+/m0/s1. The van der Waals surface area contributed by atoms with Gasteiger partial charge in [0.05, 0.1) is 11.7 Å². The molecule has 0 aromatic carbocycles. The Balaban J connectivity index is 1.62. The molecule has 8 atom stereocenters. The Labute approximate surface area is 135 Å². The van der Waals surface area contributed by atoms with E-state index in [1.807, 2.05) is 6.92 Å². The van der Waals surface area contributed by atoms with Crippen LogP contribution in [0.3, 0.4) is 0 Å². The average molecular weight is 306 g/mol. The van der Waals surface area contributed by atoms with Crippen molar-refractivity contribution in [2.75, 3.05) is 0 Å². The first-order valence-corrected chi connectivity index (χ1v) is 9.67. The van der Waals surface area contributed by atoms with Gasteiger partial charge in [0.2, 0.25) is 0 Å². The van der Waals surface area contributed by atoms with E-state index in [0.717, 1.165) is 37.0 Å². The van der Waals surface area contributed by atoms with Crippen molar-refractivity contribution in [2.24, 2.45) is 34.5 Å². The Kier molecular flexibility index (Phi) is 3.32. The van der Waals surface area contributed by atoms with Gasteiger partial charge in [-0.1, -0.05) is 13.8 Å². The molecule has 0 spiro atoms. The zero-order valence-corrected chi connectivity index (χ0v) is 14.6. The summed E-state index contributed by atoms with van der Waals surface area (Å²) in [4.78, 5) is 0. The van der Waals surface area contributed by atoms with E-state index in [1.165, 1.54) is 38.5 Å². The second-order valence-corrected chi connectivity index (χ2v) is 10.00. The molecule has 0 saturated heterocycles. The molecule has 4 rings (SSSR count). The molecule has 2 nitrogen and oxygen atoms in total. The number of hydrogen-bond acceptors (Lipinski definition) is 2. The van der Waals surface area contributed by atoms with Crippen LogP contribution in [0, 0.1) is 34.5 Å². The molecule has 0 bridgehead atoms. The molecule has 2 unspecified atom stereocenters. The van der Waals surface area contributed by atoms with Gasteiger partial charge in [-0.25, -0.2) is 0 Å². The van der Waals surface area contributed by atoms with Crippen molar-refractivity contribution in [3.8, 4) is 0 Å². The number of aliphatic hydroxyl groups excluding tert-OH is 1. The molecular weight excluding hydrogens is 272 g/mol. The first-order chi connectivity index (χ1) is 10.3. The number of hydrogen-bond donors (Lipinski definition) is 2. The maximum atomic E-state index is 10.5. The Bertz CT molecular complexity index is 459. The van der Waals surface area contributed by atoms with E-state index >= 15 is 0 Å². The Morgan fingerprint density at radius 2 is 1.50 bits per heavy atom. The quantitative estimate of drug-likeness (QED) is 0.706. The molecule has 0 radical (unpaired) electrons. The third-order valence-corrected chi connectivity index (χ3v) is 8.90. The van der Waals surface area contributed by atoms with Crippen LogP contribution in [0.25, 0.3) is 0 Å². The van der Waals surface area contributed by atoms with Crippen LogP contribution < -0.4 is 0 Å². The maximum Gasteiger partial charge on any atom is 0.0622 e. The van der Waals surface area contributed by atoms with Crippen molar-refractivity contribution < 1.29 is 10.2 Å². The molecule has 0 heterocycles. The molecule has 22 heavy (non-hydrogen) atoms. The molecule has 0 amide bonds. The van der Waals surface area contributed by atoms with Gasteiger partial charge in [0.1, 0.15) is 0 Å². The van der Waals surface area contributed by atoms with Crippen molar-refractivity contribution in [3.63, 3.8) is 0 Å². The molecule has 4 aliphatic carbocycles. The second-order valence-electron chi connectivity index (χ2n) is 10.00. The summed E-state index contributed by atoms with van der Waals surface area (Å²) in [5.41, 5.74) is 0.217. The van der Waals surface area contributed by atoms with Crippen molar-refractivity contribution in [3.05, 3.63) is 0 Å². The largest absolute Gasteiger partial charge is 0.393 e. The van der Waals surface area contributed by atoms with Crippen LogP contribution in [0.5, 0.6) is 0 Å².